The van der Waals surface area contributed by atoms with E-state index in [2.05, 4.69) is 10.6 Å². The molecule has 1 atom stereocenters. The Morgan fingerprint density at radius 1 is 1.17 bits per heavy atom. The van der Waals surface area contributed by atoms with Crippen LogP contribution in [0.5, 0.6) is 17.2 Å². The summed E-state index contributed by atoms with van der Waals surface area (Å²) in [6, 6.07) is 12.3. The lowest BCUT2D eigenvalue weighted by molar-refractivity contribution is -0.116. The van der Waals surface area contributed by atoms with Gasteiger partial charge in [-0.15, -0.1) is 0 Å². The van der Waals surface area contributed by atoms with Gasteiger partial charge in [0.25, 0.3) is 0 Å². The van der Waals surface area contributed by atoms with Gasteiger partial charge in [0.1, 0.15) is 11.8 Å². The molecule has 120 valence electrons. The minimum absolute atomic E-state index is 0.158. The molecule has 1 heterocycles. The summed E-state index contributed by atoms with van der Waals surface area (Å²) in [5, 5.41) is 5.99. The van der Waals surface area contributed by atoms with Crippen LogP contribution >= 0.6 is 0 Å². The Labute approximate surface area is 134 Å². The summed E-state index contributed by atoms with van der Waals surface area (Å²) in [5.41, 5.74) is 1.43. The Kier molecular flexibility index (Phi) is 4.23. The zero-order valence-electron chi connectivity index (χ0n) is 13.0. The van der Waals surface area contributed by atoms with E-state index in [1.165, 1.54) is 0 Å². The van der Waals surface area contributed by atoms with Gasteiger partial charge in [-0.2, -0.15) is 0 Å². The van der Waals surface area contributed by atoms with E-state index >= 15 is 0 Å². The summed E-state index contributed by atoms with van der Waals surface area (Å²) < 4.78 is 15.8. The molecule has 0 aromatic heterocycles. The Bertz CT molecular complexity index is 717. The number of hydrogen-bond acceptors (Lipinski definition) is 5. The average Bonchev–Trinajstić information content (AvgIpc) is 3.03. The zero-order chi connectivity index (χ0) is 16.2. The normalized spacial score (nSPS) is 13.3. The standard InChI is InChI=1S/C17H18N2O4/c1-11(18-13-5-3-4-6-14(13)21-2)17(20)19-12-7-8-15-16(9-12)23-10-22-15/h3-9,11,18H,10H2,1-2H3,(H,19,20). The Morgan fingerprint density at radius 2 is 1.96 bits per heavy atom. The summed E-state index contributed by atoms with van der Waals surface area (Å²) >= 11 is 0. The van der Waals surface area contributed by atoms with Crippen molar-refractivity contribution < 1.29 is 19.0 Å². The van der Waals surface area contributed by atoms with Crippen molar-refractivity contribution in [3.05, 3.63) is 42.5 Å². The third-order valence-electron chi connectivity index (χ3n) is 3.51. The molecule has 6 nitrogen and oxygen atoms in total. The molecule has 0 fully saturated rings. The van der Waals surface area contributed by atoms with Crippen LogP contribution < -0.4 is 24.8 Å². The van der Waals surface area contributed by atoms with Crippen molar-refractivity contribution in [2.75, 3.05) is 24.5 Å². The van der Waals surface area contributed by atoms with Crippen molar-refractivity contribution in [2.45, 2.75) is 13.0 Å². The quantitative estimate of drug-likeness (QED) is 0.888. The van der Waals surface area contributed by atoms with Gasteiger partial charge in [-0.25, -0.2) is 0 Å². The van der Waals surface area contributed by atoms with Crippen LogP contribution in [0.4, 0.5) is 11.4 Å². The first kappa shape index (κ1) is 15.0. The highest BCUT2D eigenvalue weighted by atomic mass is 16.7. The second-order valence-corrected chi connectivity index (χ2v) is 5.12. The molecule has 0 spiro atoms. The van der Waals surface area contributed by atoms with Crippen molar-refractivity contribution in [1.82, 2.24) is 0 Å². The summed E-state index contributed by atoms with van der Waals surface area (Å²) in [4.78, 5) is 12.3. The molecule has 0 saturated carbocycles. The van der Waals surface area contributed by atoms with E-state index in [9.17, 15) is 4.79 Å². The number of para-hydroxylation sites is 2. The van der Waals surface area contributed by atoms with Gasteiger partial charge in [-0.1, -0.05) is 12.1 Å². The highest BCUT2D eigenvalue weighted by Gasteiger charge is 2.17. The lowest BCUT2D eigenvalue weighted by atomic mass is 10.2. The van der Waals surface area contributed by atoms with Crippen molar-refractivity contribution in [2.24, 2.45) is 0 Å². The van der Waals surface area contributed by atoms with Gasteiger partial charge in [-0.05, 0) is 31.2 Å². The topological polar surface area (TPSA) is 68.8 Å². The Hall–Kier alpha value is -2.89. The van der Waals surface area contributed by atoms with Crippen molar-refractivity contribution in [1.29, 1.82) is 0 Å². The highest BCUT2D eigenvalue weighted by Crippen LogP contribution is 2.34. The van der Waals surface area contributed by atoms with Crippen LogP contribution in [0.25, 0.3) is 0 Å². The number of anilines is 2. The molecule has 1 amide bonds. The number of carbonyl (C=O) groups is 1. The second-order valence-electron chi connectivity index (χ2n) is 5.12. The van der Waals surface area contributed by atoms with Crippen molar-refractivity contribution in [3.8, 4) is 17.2 Å². The molecular formula is C17H18N2O4. The van der Waals surface area contributed by atoms with Gasteiger partial charge in [0.2, 0.25) is 12.7 Å². The third-order valence-corrected chi connectivity index (χ3v) is 3.51. The second kappa shape index (κ2) is 6.48. The van der Waals surface area contributed by atoms with Crippen molar-refractivity contribution >= 4 is 17.3 Å². The van der Waals surface area contributed by atoms with Gasteiger partial charge in [0.15, 0.2) is 11.5 Å². The SMILES string of the molecule is COc1ccccc1NC(C)C(=O)Nc1ccc2c(c1)OCO2. The van der Waals surface area contributed by atoms with Crippen LogP contribution in [0.15, 0.2) is 42.5 Å². The van der Waals surface area contributed by atoms with Gasteiger partial charge in [-0.3, -0.25) is 4.79 Å². The first-order valence-corrected chi connectivity index (χ1v) is 7.27. The number of hydrogen-bond donors (Lipinski definition) is 2. The predicted octanol–water partition coefficient (Wildman–Crippen LogP) is 2.86. The molecule has 0 saturated heterocycles. The molecular weight excluding hydrogens is 296 g/mol. The Morgan fingerprint density at radius 3 is 2.78 bits per heavy atom. The molecule has 2 aromatic rings. The van der Waals surface area contributed by atoms with Gasteiger partial charge >= 0.3 is 0 Å². The van der Waals surface area contributed by atoms with Crippen LogP contribution in [-0.2, 0) is 4.79 Å². The van der Waals surface area contributed by atoms with E-state index in [1.807, 2.05) is 24.3 Å². The minimum Gasteiger partial charge on any atom is -0.495 e. The minimum atomic E-state index is -0.434. The number of carbonyl (C=O) groups excluding carboxylic acids is 1. The van der Waals surface area contributed by atoms with E-state index in [-0.39, 0.29) is 12.7 Å². The smallest absolute Gasteiger partial charge is 0.246 e. The van der Waals surface area contributed by atoms with Crippen LogP contribution in [-0.4, -0.2) is 25.9 Å². The van der Waals surface area contributed by atoms with Crippen LogP contribution in [0.1, 0.15) is 6.92 Å². The number of methoxy groups -OCH3 is 1. The number of amides is 1. The van der Waals surface area contributed by atoms with E-state index in [0.717, 1.165) is 5.69 Å². The fraction of sp³-hybridized carbons (Fsp3) is 0.235. The average molecular weight is 314 g/mol. The van der Waals surface area contributed by atoms with Crippen LogP contribution in [0.3, 0.4) is 0 Å². The summed E-state index contributed by atoms with van der Waals surface area (Å²) in [7, 11) is 1.60. The molecule has 23 heavy (non-hydrogen) atoms. The highest BCUT2D eigenvalue weighted by molar-refractivity contribution is 5.96. The lowest BCUT2D eigenvalue weighted by Gasteiger charge is -2.17. The number of nitrogens with one attached hydrogen (secondary N) is 2. The van der Waals surface area contributed by atoms with E-state index in [1.54, 1.807) is 32.2 Å². The molecule has 0 bridgehead atoms. The van der Waals surface area contributed by atoms with E-state index in [4.69, 9.17) is 14.2 Å². The van der Waals surface area contributed by atoms with E-state index in [0.29, 0.717) is 22.9 Å². The first-order chi connectivity index (χ1) is 11.2. The van der Waals surface area contributed by atoms with Gasteiger partial charge in [0.05, 0.1) is 12.8 Å². The Balaban J connectivity index is 1.66. The fourth-order valence-corrected chi connectivity index (χ4v) is 2.29. The molecule has 3 rings (SSSR count). The van der Waals surface area contributed by atoms with Gasteiger partial charge in [0, 0.05) is 11.8 Å². The first-order valence-electron chi connectivity index (χ1n) is 7.27. The monoisotopic (exact) mass is 314 g/mol. The van der Waals surface area contributed by atoms with Crippen LogP contribution in [0, 0.1) is 0 Å². The van der Waals surface area contributed by atoms with E-state index < -0.39 is 6.04 Å². The summed E-state index contributed by atoms with van der Waals surface area (Å²) in [6.07, 6.45) is 0. The summed E-state index contributed by atoms with van der Waals surface area (Å²) in [5.74, 6) is 1.85. The molecule has 1 aliphatic rings. The zero-order valence-corrected chi connectivity index (χ0v) is 13.0. The largest absolute Gasteiger partial charge is 0.495 e. The number of rotatable bonds is 5. The maximum Gasteiger partial charge on any atom is 0.246 e. The maximum atomic E-state index is 12.3. The molecule has 0 radical (unpaired) electrons. The van der Waals surface area contributed by atoms with Crippen LogP contribution in [0.2, 0.25) is 0 Å². The molecule has 0 aliphatic carbocycles. The molecule has 1 aliphatic heterocycles. The predicted molar refractivity (Wildman–Crippen MR) is 87.3 cm³/mol. The van der Waals surface area contributed by atoms with Crippen molar-refractivity contribution in [3.63, 3.8) is 0 Å². The maximum absolute atomic E-state index is 12.3. The molecule has 6 heteroatoms. The summed E-state index contributed by atoms with van der Waals surface area (Å²) in [6.45, 7) is 1.99. The lowest BCUT2D eigenvalue weighted by Crippen LogP contribution is -2.32. The fourth-order valence-electron chi connectivity index (χ4n) is 2.29. The number of benzene rings is 2. The third kappa shape index (κ3) is 3.31. The van der Waals surface area contributed by atoms with Gasteiger partial charge < -0.3 is 24.8 Å². The number of fused-ring (bicyclic) bond motifs is 1. The number of ether oxygens (including phenoxy) is 3. The molecule has 2 N–H and O–H groups in total. The molecule has 2 aromatic carbocycles. The molecule has 1 unspecified atom stereocenters.